The van der Waals surface area contributed by atoms with E-state index in [4.69, 9.17) is 37.7 Å². The van der Waals surface area contributed by atoms with E-state index in [1.807, 2.05) is 25.1 Å². The van der Waals surface area contributed by atoms with Gasteiger partial charge in [-0.3, -0.25) is 14.9 Å². The van der Waals surface area contributed by atoms with Crippen LogP contribution in [0.3, 0.4) is 0 Å². The molecule has 224 valence electrons. The number of nitro groups is 1. The van der Waals surface area contributed by atoms with E-state index < -0.39 is 4.92 Å². The molecule has 0 radical (unpaired) electrons. The third-order valence-electron chi connectivity index (χ3n) is 7.04. The van der Waals surface area contributed by atoms with Crippen LogP contribution in [0.15, 0.2) is 82.7 Å². The quantitative estimate of drug-likeness (QED) is 0.0922. The third-order valence-corrected chi connectivity index (χ3v) is 7.60. The van der Waals surface area contributed by atoms with E-state index in [-0.39, 0.29) is 39.6 Å². The van der Waals surface area contributed by atoms with Crippen molar-refractivity contribution in [2.75, 3.05) is 7.11 Å². The summed E-state index contributed by atoms with van der Waals surface area (Å²) in [5.74, 6) is 1.52. The summed E-state index contributed by atoms with van der Waals surface area (Å²) in [4.78, 5) is 29.2. The number of nitrogens with zero attached hydrogens (tertiary/aromatic N) is 4. The van der Waals surface area contributed by atoms with Crippen molar-refractivity contribution in [3.8, 4) is 22.9 Å². The summed E-state index contributed by atoms with van der Waals surface area (Å²) in [5.41, 5.74) is 3.87. The predicted octanol–water partition coefficient (Wildman–Crippen LogP) is 8.18. The first-order valence-corrected chi connectivity index (χ1v) is 14.4. The van der Waals surface area contributed by atoms with Gasteiger partial charge in [0, 0.05) is 17.7 Å². The molecule has 5 aromatic rings. The van der Waals surface area contributed by atoms with Crippen molar-refractivity contribution < 1.29 is 14.4 Å². The average molecular weight is 632 g/mol. The number of halogens is 2. The van der Waals surface area contributed by atoms with E-state index >= 15 is 0 Å². The Bertz CT molecular complexity index is 1970. The number of fused-ring (bicyclic) bond motifs is 1. The normalized spacial score (nSPS) is 11.4. The molecule has 0 saturated heterocycles. The Morgan fingerprint density at radius 2 is 1.77 bits per heavy atom. The lowest BCUT2D eigenvalue weighted by molar-refractivity contribution is -0.384. The van der Waals surface area contributed by atoms with Crippen molar-refractivity contribution in [3.63, 3.8) is 0 Å². The van der Waals surface area contributed by atoms with Crippen LogP contribution in [0, 0.1) is 17.0 Å². The molecule has 44 heavy (non-hydrogen) atoms. The van der Waals surface area contributed by atoms with E-state index in [1.54, 1.807) is 49.6 Å². The van der Waals surface area contributed by atoms with Gasteiger partial charge < -0.3 is 9.47 Å². The molecule has 0 N–H and O–H groups in total. The summed E-state index contributed by atoms with van der Waals surface area (Å²) in [5, 5.41) is 16.5. The van der Waals surface area contributed by atoms with Crippen LogP contribution >= 0.6 is 23.2 Å². The molecule has 11 heteroatoms. The number of non-ortho nitro benzene ring substituents is 1. The molecule has 0 amide bonds. The molecule has 0 aliphatic rings. The third kappa shape index (κ3) is 6.29. The first-order valence-electron chi connectivity index (χ1n) is 13.7. The molecule has 1 aromatic heterocycles. The van der Waals surface area contributed by atoms with Crippen LogP contribution in [0.4, 0.5) is 5.69 Å². The molecule has 1 heterocycles. The van der Waals surface area contributed by atoms with Gasteiger partial charge in [-0.25, -0.2) is 4.98 Å². The number of benzene rings is 4. The zero-order valence-electron chi connectivity index (χ0n) is 24.4. The van der Waals surface area contributed by atoms with E-state index in [0.717, 1.165) is 22.4 Å². The van der Waals surface area contributed by atoms with Crippen LogP contribution < -0.4 is 15.0 Å². The van der Waals surface area contributed by atoms with Gasteiger partial charge in [-0.2, -0.15) is 9.78 Å². The molecular weight excluding hydrogens is 603 g/mol. The second-order valence-corrected chi connectivity index (χ2v) is 11.2. The summed E-state index contributed by atoms with van der Waals surface area (Å²) in [6, 6.07) is 20.4. The van der Waals surface area contributed by atoms with Crippen molar-refractivity contribution in [2.24, 2.45) is 5.10 Å². The second-order valence-electron chi connectivity index (χ2n) is 10.4. The highest BCUT2D eigenvalue weighted by Gasteiger charge is 2.19. The molecular formula is C33H28Cl2N4O5. The Morgan fingerprint density at radius 3 is 2.45 bits per heavy atom. The minimum Gasteiger partial charge on any atom is -0.496 e. The summed E-state index contributed by atoms with van der Waals surface area (Å²) >= 11 is 13.1. The molecule has 0 bridgehead atoms. The fourth-order valence-corrected chi connectivity index (χ4v) is 5.42. The van der Waals surface area contributed by atoms with Gasteiger partial charge >= 0.3 is 0 Å². The fourth-order valence-electron chi connectivity index (χ4n) is 4.80. The highest BCUT2D eigenvalue weighted by Crippen LogP contribution is 2.36. The van der Waals surface area contributed by atoms with E-state index in [2.05, 4.69) is 18.9 Å². The van der Waals surface area contributed by atoms with Gasteiger partial charge in [-0.1, -0.05) is 61.3 Å². The highest BCUT2D eigenvalue weighted by atomic mass is 35.5. The maximum absolute atomic E-state index is 13.7. The lowest BCUT2D eigenvalue weighted by Gasteiger charge is -2.17. The predicted molar refractivity (Wildman–Crippen MR) is 174 cm³/mol. The molecule has 0 saturated carbocycles. The van der Waals surface area contributed by atoms with Crippen molar-refractivity contribution in [1.29, 1.82) is 0 Å². The lowest BCUT2D eigenvalue weighted by Crippen LogP contribution is -2.20. The van der Waals surface area contributed by atoms with Gasteiger partial charge in [0.25, 0.3) is 11.2 Å². The van der Waals surface area contributed by atoms with Crippen LogP contribution in [-0.4, -0.2) is 27.9 Å². The first-order chi connectivity index (χ1) is 21.1. The van der Waals surface area contributed by atoms with E-state index in [1.165, 1.54) is 23.0 Å². The Balaban J connectivity index is 1.54. The number of ether oxygens (including phenoxy) is 2. The molecule has 0 unspecified atom stereocenters. The SMILES string of the molecule is COc1cc(C)c(-c2nc3ccccc3c(=O)n2N=Cc2cc(Cl)c(OCc3cccc([N+](=O)[O-])c3)c(Cl)c2)cc1C(C)C. The fraction of sp³-hybridized carbons (Fsp3) is 0.182. The number of aryl methyl sites for hydroxylation is 1. The Kier molecular flexibility index (Phi) is 8.98. The maximum Gasteiger partial charge on any atom is 0.282 e. The molecule has 9 nitrogen and oxygen atoms in total. The number of para-hydroxylation sites is 1. The summed E-state index contributed by atoms with van der Waals surface area (Å²) in [7, 11) is 1.63. The summed E-state index contributed by atoms with van der Waals surface area (Å²) < 4.78 is 12.7. The standard InChI is InChI=1S/C33H28Cl2N4O5/c1-19(2)25-16-26(20(3)12-30(25)43-4)32-37-29-11-6-5-10-24(29)33(40)38(32)36-17-22-14-27(34)31(28(35)15-22)44-18-21-8-7-9-23(13-21)39(41)42/h5-17,19H,18H2,1-4H3. The second kappa shape index (κ2) is 12.9. The monoisotopic (exact) mass is 630 g/mol. The van der Waals surface area contributed by atoms with Gasteiger partial charge in [0.1, 0.15) is 12.4 Å². The van der Waals surface area contributed by atoms with Crippen molar-refractivity contribution in [1.82, 2.24) is 9.66 Å². The molecule has 0 spiro atoms. The van der Waals surface area contributed by atoms with Gasteiger partial charge in [0.15, 0.2) is 11.6 Å². The lowest BCUT2D eigenvalue weighted by atomic mass is 9.96. The topological polar surface area (TPSA) is 109 Å². The van der Waals surface area contributed by atoms with Crippen LogP contribution in [0.25, 0.3) is 22.3 Å². The molecule has 0 atom stereocenters. The highest BCUT2D eigenvalue weighted by molar-refractivity contribution is 6.37. The van der Waals surface area contributed by atoms with Gasteiger partial charge in [0.2, 0.25) is 0 Å². The summed E-state index contributed by atoms with van der Waals surface area (Å²) in [6.07, 6.45) is 1.48. The molecule has 0 aliphatic heterocycles. The van der Waals surface area contributed by atoms with Crippen molar-refractivity contribution in [3.05, 3.63) is 126 Å². The van der Waals surface area contributed by atoms with Crippen molar-refractivity contribution in [2.45, 2.75) is 33.3 Å². The first kappa shape index (κ1) is 30.7. The Labute approximate surface area is 263 Å². The summed E-state index contributed by atoms with van der Waals surface area (Å²) in [6.45, 7) is 6.10. The van der Waals surface area contributed by atoms with Gasteiger partial charge in [-0.15, -0.1) is 0 Å². The minimum atomic E-state index is -0.474. The van der Waals surface area contributed by atoms with Gasteiger partial charge in [-0.05, 0) is 71.5 Å². The number of aromatic nitrogens is 2. The zero-order chi connectivity index (χ0) is 31.5. The van der Waals surface area contributed by atoms with Crippen LogP contribution in [0.2, 0.25) is 10.0 Å². The minimum absolute atomic E-state index is 0.0235. The number of methoxy groups -OCH3 is 1. The zero-order valence-corrected chi connectivity index (χ0v) is 25.9. The van der Waals surface area contributed by atoms with Crippen LogP contribution in [0.1, 0.15) is 42.0 Å². The number of rotatable bonds is 9. The maximum atomic E-state index is 13.7. The average Bonchev–Trinajstić information content (AvgIpc) is 3.00. The molecule has 0 aliphatic carbocycles. The van der Waals surface area contributed by atoms with Crippen LogP contribution in [0.5, 0.6) is 11.5 Å². The molecule has 4 aromatic carbocycles. The van der Waals surface area contributed by atoms with Crippen LogP contribution in [-0.2, 0) is 6.61 Å². The number of hydrogen-bond donors (Lipinski definition) is 0. The smallest absolute Gasteiger partial charge is 0.282 e. The molecule has 0 fully saturated rings. The Hall–Kier alpha value is -4.73. The van der Waals surface area contributed by atoms with Gasteiger partial charge in [0.05, 0.1) is 39.2 Å². The molecule has 5 rings (SSSR count). The van der Waals surface area contributed by atoms with E-state index in [0.29, 0.717) is 27.9 Å². The Morgan fingerprint density at radius 1 is 1.05 bits per heavy atom. The van der Waals surface area contributed by atoms with E-state index in [9.17, 15) is 14.9 Å². The number of nitro benzene ring substituents is 1. The largest absolute Gasteiger partial charge is 0.496 e. The van der Waals surface area contributed by atoms with Crippen molar-refractivity contribution >= 4 is 46.0 Å². The number of hydrogen-bond acceptors (Lipinski definition) is 7.